The Labute approximate surface area is 180 Å². The van der Waals surface area contributed by atoms with Gasteiger partial charge in [-0.2, -0.15) is 0 Å². The van der Waals surface area contributed by atoms with Gasteiger partial charge >= 0.3 is 0 Å². The first-order valence-electron chi connectivity index (χ1n) is 11.6. The molecule has 0 bridgehead atoms. The van der Waals surface area contributed by atoms with E-state index in [9.17, 15) is 4.79 Å². The summed E-state index contributed by atoms with van der Waals surface area (Å²) >= 11 is 0. The van der Waals surface area contributed by atoms with Crippen LogP contribution < -0.4 is 10.1 Å². The van der Waals surface area contributed by atoms with Crippen molar-refractivity contribution < 1.29 is 9.53 Å². The van der Waals surface area contributed by atoms with E-state index >= 15 is 0 Å². The lowest BCUT2D eigenvalue weighted by molar-refractivity contribution is -0.123. The summed E-state index contributed by atoms with van der Waals surface area (Å²) < 4.78 is 5.87. The van der Waals surface area contributed by atoms with Crippen molar-refractivity contribution in [2.45, 2.75) is 64.0 Å². The summed E-state index contributed by atoms with van der Waals surface area (Å²) in [7, 11) is 0. The van der Waals surface area contributed by atoms with Crippen LogP contribution in [-0.4, -0.2) is 29.9 Å². The van der Waals surface area contributed by atoms with Gasteiger partial charge in [0.05, 0.1) is 0 Å². The van der Waals surface area contributed by atoms with Crippen molar-refractivity contribution in [3.8, 4) is 11.5 Å². The van der Waals surface area contributed by atoms with Crippen molar-refractivity contribution in [2.75, 3.05) is 13.1 Å². The van der Waals surface area contributed by atoms with Gasteiger partial charge in [0.2, 0.25) is 5.91 Å². The summed E-state index contributed by atoms with van der Waals surface area (Å²) in [5.41, 5.74) is 1.30. The molecule has 1 amide bonds. The molecule has 0 atom stereocenters. The lowest BCUT2D eigenvalue weighted by atomic mass is 9.86. The molecule has 4 heteroatoms. The van der Waals surface area contributed by atoms with E-state index in [1.807, 2.05) is 42.5 Å². The fourth-order valence-corrected chi connectivity index (χ4v) is 4.72. The number of nitrogens with zero attached hydrogens (tertiary/aromatic N) is 1. The zero-order valence-electron chi connectivity index (χ0n) is 17.9. The Hall–Kier alpha value is -2.33. The number of carbonyl (C=O) groups excluding carboxylic acids is 1. The van der Waals surface area contributed by atoms with E-state index in [2.05, 4.69) is 22.3 Å². The van der Waals surface area contributed by atoms with Crippen LogP contribution >= 0.6 is 0 Å². The smallest absolute Gasteiger partial charge is 0.220 e. The quantitative estimate of drug-likeness (QED) is 0.657. The number of ether oxygens (including phenoxy) is 1. The van der Waals surface area contributed by atoms with E-state index in [0.29, 0.717) is 12.0 Å². The van der Waals surface area contributed by atoms with Crippen LogP contribution in [0, 0.1) is 5.92 Å². The minimum Gasteiger partial charge on any atom is -0.457 e. The standard InChI is InChI=1S/C26H34N2O2/c29-26(19-21-7-3-1-4-8-21)27-23-15-17-28(18-16-23)20-22-11-13-25(14-12-22)30-24-9-5-2-6-10-24/h2,5-6,9-14,21,23H,1,3-4,7-8,15-20H2,(H,27,29). The van der Waals surface area contributed by atoms with E-state index in [-0.39, 0.29) is 5.91 Å². The number of amides is 1. The number of para-hydroxylation sites is 1. The number of nitrogens with one attached hydrogen (secondary N) is 1. The highest BCUT2D eigenvalue weighted by molar-refractivity contribution is 5.76. The Kier molecular flexibility index (Phi) is 7.41. The van der Waals surface area contributed by atoms with Crippen molar-refractivity contribution in [1.29, 1.82) is 0 Å². The molecule has 0 radical (unpaired) electrons. The highest BCUT2D eigenvalue weighted by atomic mass is 16.5. The molecule has 160 valence electrons. The first kappa shape index (κ1) is 20.9. The maximum absolute atomic E-state index is 12.4. The Morgan fingerprint density at radius 1 is 0.867 bits per heavy atom. The molecule has 2 aromatic carbocycles. The molecule has 1 aliphatic carbocycles. The first-order valence-corrected chi connectivity index (χ1v) is 11.6. The molecular formula is C26H34N2O2. The van der Waals surface area contributed by atoms with Gasteiger partial charge < -0.3 is 10.1 Å². The van der Waals surface area contributed by atoms with Gasteiger partial charge in [-0.05, 0) is 61.4 Å². The molecule has 2 fully saturated rings. The van der Waals surface area contributed by atoms with E-state index < -0.39 is 0 Å². The fourth-order valence-electron chi connectivity index (χ4n) is 4.72. The fraction of sp³-hybridized carbons (Fsp3) is 0.500. The molecule has 1 N–H and O–H groups in total. The minimum absolute atomic E-state index is 0.273. The normalized spacial score (nSPS) is 18.8. The van der Waals surface area contributed by atoms with Crippen LogP contribution in [0.15, 0.2) is 54.6 Å². The van der Waals surface area contributed by atoms with Crippen LogP contribution in [0.5, 0.6) is 11.5 Å². The minimum atomic E-state index is 0.273. The van der Waals surface area contributed by atoms with Crippen LogP contribution in [0.25, 0.3) is 0 Å². The van der Waals surface area contributed by atoms with Gasteiger partial charge in [-0.1, -0.05) is 49.6 Å². The van der Waals surface area contributed by atoms with E-state index in [4.69, 9.17) is 4.74 Å². The van der Waals surface area contributed by atoms with Gasteiger partial charge in [0, 0.05) is 32.1 Å². The molecule has 1 aliphatic heterocycles. The number of rotatable bonds is 7. The zero-order chi connectivity index (χ0) is 20.6. The lowest BCUT2D eigenvalue weighted by Crippen LogP contribution is -2.44. The third-order valence-electron chi connectivity index (χ3n) is 6.46. The second-order valence-electron chi connectivity index (χ2n) is 8.89. The van der Waals surface area contributed by atoms with Crippen molar-refractivity contribution >= 4 is 5.91 Å². The van der Waals surface area contributed by atoms with Gasteiger partial charge in [0.25, 0.3) is 0 Å². The van der Waals surface area contributed by atoms with E-state index in [0.717, 1.165) is 50.4 Å². The maximum Gasteiger partial charge on any atom is 0.220 e. The predicted molar refractivity (Wildman–Crippen MR) is 121 cm³/mol. The zero-order valence-corrected chi connectivity index (χ0v) is 17.9. The average molecular weight is 407 g/mol. The molecule has 1 saturated heterocycles. The Morgan fingerprint density at radius 3 is 2.23 bits per heavy atom. The third kappa shape index (κ3) is 6.33. The molecule has 4 rings (SSSR count). The van der Waals surface area contributed by atoms with E-state index in [1.165, 1.54) is 37.7 Å². The van der Waals surface area contributed by atoms with Crippen LogP contribution in [0.4, 0.5) is 0 Å². The molecule has 0 spiro atoms. The maximum atomic E-state index is 12.4. The molecule has 30 heavy (non-hydrogen) atoms. The molecule has 2 aromatic rings. The average Bonchev–Trinajstić information content (AvgIpc) is 2.78. The number of carbonyl (C=O) groups is 1. The highest BCUT2D eigenvalue weighted by Gasteiger charge is 2.23. The lowest BCUT2D eigenvalue weighted by Gasteiger charge is -2.32. The monoisotopic (exact) mass is 406 g/mol. The van der Waals surface area contributed by atoms with Gasteiger partial charge in [0.1, 0.15) is 11.5 Å². The third-order valence-corrected chi connectivity index (χ3v) is 6.46. The SMILES string of the molecule is O=C(CC1CCCCC1)NC1CCN(Cc2ccc(Oc3ccccc3)cc2)CC1. The topological polar surface area (TPSA) is 41.6 Å². The summed E-state index contributed by atoms with van der Waals surface area (Å²) in [4.78, 5) is 14.9. The molecule has 0 unspecified atom stereocenters. The largest absolute Gasteiger partial charge is 0.457 e. The summed E-state index contributed by atoms with van der Waals surface area (Å²) in [5.74, 6) is 2.62. The Bertz CT molecular complexity index is 776. The highest BCUT2D eigenvalue weighted by Crippen LogP contribution is 2.26. The van der Waals surface area contributed by atoms with Crippen molar-refractivity contribution in [3.63, 3.8) is 0 Å². The number of piperidine rings is 1. The molecule has 2 aliphatic rings. The Balaban J connectivity index is 1.17. The first-order chi connectivity index (χ1) is 14.7. The van der Waals surface area contributed by atoms with Crippen molar-refractivity contribution in [1.82, 2.24) is 10.2 Å². The van der Waals surface area contributed by atoms with Gasteiger partial charge in [-0.3, -0.25) is 9.69 Å². The molecule has 0 aromatic heterocycles. The second kappa shape index (κ2) is 10.6. The number of hydrogen-bond donors (Lipinski definition) is 1. The summed E-state index contributed by atoms with van der Waals surface area (Å²) in [6.45, 7) is 3.03. The van der Waals surface area contributed by atoms with Gasteiger partial charge in [-0.25, -0.2) is 0 Å². The van der Waals surface area contributed by atoms with Crippen LogP contribution in [0.3, 0.4) is 0 Å². The summed E-state index contributed by atoms with van der Waals surface area (Å²) in [5, 5.41) is 3.30. The van der Waals surface area contributed by atoms with Gasteiger partial charge in [-0.15, -0.1) is 0 Å². The van der Waals surface area contributed by atoms with Gasteiger partial charge in [0.15, 0.2) is 0 Å². The predicted octanol–water partition coefficient (Wildman–Crippen LogP) is 5.53. The Morgan fingerprint density at radius 2 is 1.53 bits per heavy atom. The van der Waals surface area contributed by atoms with Crippen molar-refractivity contribution in [2.24, 2.45) is 5.92 Å². The molecule has 1 saturated carbocycles. The van der Waals surface area contributed by atoms with E-state index in [1.54, 1.807) is 0 Å². The van der Waals surface area contributed by atoms with Crippen LogP contribution in [0.1, 0.15) is 56.9 Å². The number of hydrogen-bond acceptors (Lipinski definition) is 3. The second-order valence-corrected chi connectivity index (χ2v) is 8.89. The number of likely N-dealkylation sites (tertiary alicyclic amines) is 1. The van der Waals surface area contributed by atoms with Crippen LogP contribution in [-0.2, 0) is 11.3 Å². The summed E-state index contributed by atoms with van der Waals surface area (Å²) in [6.07, 6.45) is 9.25. The van der Waals surface area contributed by atoms with Crippen molar-refractivity contribution in [3.05, 3.63) is 60.2 Å². The number of benzene rings is 2. The molecular weight excluding hydrogens is 372 g/mol. The van der Waals surface area contributed by atoms with Crippen LogP contribution in [0.2, 0.25) is 0 Å². The summed E-state index contributed by atoms with van der Waals surface area (Å²) in [6, 6.07) is 18.6. The molecule has 1 heterocycles. The molecule has 4 nitrogen and oxygen atoms in total.